The van der Waals surface area contributed by atoms with Crippen LogP contribution in [-0.4, -0.2) is 29.8 Å². The Labute approximate surface area is 211 Å². The lowest BCUT2D eigenvalue weighted by molar-refractivity contribution is -0.131. The van der Waals surface area contributed by atoms with E-state index in [2.05, 4.69) is 26.3 Å². The first-order chi connectivity index (χ1) is 17.7. The van der Waals surface area contributed by atoms with Gasteiger partial charge in [-0.05, 0) is 35.9 Å². The van der Waals surface area contributed by atoms with Gasteiger partial charge in [-0.3, -0.25) is 0 Å². The van der Waals surface area contributed by atoms with Gasteiger partial charge in [0, 0.05) is 36.4 Å². The van der Waals surface area contributed by atoms with E-state index >= 15 is 0 Å². The molecule has 0 aliphatic rings. The maximum atomic E-state index is 12.3. The molecule has 0 radical (unpaired) electrons. The second-order valence-corrected chi connectivity index (χ2v) is 6.57. The van der Waals surface area contributed by atoms with Gasteiger partial charge < -0.3 is 23.7 Å². The number of rotatable bonds is 11. The van der Waals surface area contributed by atoms with Crippen LogP contribution in [0.4, 0.5) is 0 Å². The molecule has 0 aromatic heterocycles. The lowest BCUT2D eigenvalue weighted by Crippen LogP contribution is -2.09. The quantitative estimate of drug-likeness (QED) is 0.254. The zero-order valence-electron chi connectivity index (χ0n) is 19.3. The zero-order valence-corrected chi connectivity index (χ0v) is 19.3. The van der Waals surface area contributed by atoms with Crippen LogP contribution in [-0.2, 0) is 24.0 Å². The Morgan fingerprint density at radius 1 is 0.514 bits per heavy atom. The van der Waals surface area contributed by atoms with Crippen molar-refractivity contribution in [3.05, 3.63) is 98.7 Å². The molecule has 2 rings (SSSR count). The van der Waals surface area contributed by atoms with Crippen molar-refractivity contribution in [1.82, 2.24) is 0 Å². The molecule has 2 aromatic rings. The van der Waals surface area contributed by atoms with E-state index in [1.165, 1.54) is 36.4 Å². The topological polar surface area (TPSA) is 132 Å². The van der Waals surface area contributed by atoms with E-state index < -0.39 is 29.8 Å². The minimum absolute atomic E-state index is 0.0350. The summed E-state index contributed by atoms with van der Waals surface area (Å²) in [6.45, 7) is 13.2. The van der Waals surface area contributed by atoms with Crippen LogP contribution in [0.2, 0.25) is 0 Å². The predicted octanol–water partition coefficient (Wildman–Crippen LogP) is 3.67. The van der Waals surface area contributed by atoms with E-state index in [-0.39, 0.29) is 28.7 Å². The van der Waals surface area contributed by atoms with Crippen molar-refractivity contribution in [3.8, 4) is 28.7 Å². The molecular weight excluding hydrogens is 484 g/mol. The molecule has 188 valence electrons. The van der Waals surface area contributed by atoms with E-state index in [0.29, 0.717) is 5.56 Å². The summed E-state index contributed by atoms with van der Waals surface area (Å²) < 4.78 is 25.3. The third-order valence-corrected chi connectivity index (χ3v) is 4.02. The third-order valence-electron chi connectivity index (χ3n) is 4.02. The van der Waals surface area contributed by atoms with Gasteiger partial charge in [0.15, 0.2) is 23.0 Å². The minimum atomic E-state index is -0.838. The molecule has 0 amide bonds. The van der Waals surface area contributed by atoms with E-state index in [4.69, 9.17) is 23.7 Å². The highest BCUT2D eigenvalue weighted by Gasteiger charge is 2.15. The number of hydrogen-bond acceptors (Lipinski definition) is 10. The van der Waals surface area contributed by atoms with E-state index in [9.17, 15) is 24.0 Å². The molecule has 0 spiro atoms. The van der Waals surface area contributed by atoms with Crippen molar-refractivity contribution in [3.63, 3.8) is 0 Å². The van der Waals surface area contributed by atoms with Crippen molar-refractivity contribution in [2.24, 2.45) is 0 Å². The molecule has 0 saturated heterocycles. The van der Waals surface area contributed by atoms with Crippen LogP contribution in [0.25, 0.3) is 6.08 Å². The van der Waals surface area contributed by atoms with E-state index in [1.807, 2.05) is 0 Å². The van der Waals surface area contributed by atoms with Crippen molar-refractivity contribution >= 4 is 35.9 Å². The molecule has 0 aliphatic carbocycles. The van der Waals surface area contributed by atoms with Crippen molar-refractivity contribution in [1.29, 1.82) is 0 Å². The third kappa shape index (κ3) is 8.65. The first-order valence-electron chi connectivity index (χ1n) is 10.2. The molecule has 0 fully saturated rings. The molecule has 0 bridgehead atoms. The molecule has 10 nitrogen and oxygen atoms in total. The summed E-state index contributed by atoms with van der Waals surface area (Å²) in [5.74, 6) is -4.55. The second kappa shape index (κ2) is 13.4. The SMILES string of the molecule is C=CC(=O)Oc1ccc(C=CC(=O)Oc2ccc(OC(=O)C=C)c(OC(=O)C=C)c2)cc1OC(=O)C=C. The highest BCUT2D eigenvalue weighted by molar-refractivity contribution is 5.90. The Kier molecular flexibility index (Phi) is 10.0. The van der Waals surface area contributed by atoms with Crippen LogP contribution in [0.5, 0.6) is 28.7 Å². The number of ether oxygens (including phenoxy) is 5. The molecule has 0 aliphatic heterocycles. The minimum Gasteiger partial charge on any atom is -0.423 e. The Balaban J connectivity index is 2.24. The lowest BCUT2D eigenvalue weighted by atomic mass is 10.2. The van der Waals surface area contributed by atoms with Crippen LogP contribution in [0.15, 0.2) is 93.1 Å². The molecule has 0 heterocycles. The molecule has 2 aromatic carbocycles. The van der Waals surface area contributed by atoms with Gasteiger partial charge >= 0.3 is 29.8 Å². The Morgan fingerprint density at radius 2 is 0.946 bits per heavy atom. The zero-order chi connectivity index (χ0) is 27.4. The van der Waals surface area contributed by atoms with Crippen molar-refractivity contribution < 1.29 is 47.7 Å². The number of carbonyl (C=O) groups is 5. The Hall–Kier alpha value is -5.51. The fourth-order valence-electron chi connectivity index (χ4n) is 2.42. The van der Waals surface area contributed by atoms with Gasteiger partial charge in [-0.1, -0.05) is 32.4 Å². The summed E-state index contributed by atoms with van der Waals surface area (Å²) in [5.41, 5.74) is 0.384. The number of esters is 5. The molecule has 0 saturated carbocycles. The summed E-state index contributed by atoms with van der Waals surface area (Å²) in [5, 5.41) is 0. The van der Waals surface area contributed by atoms with Gasteiger partial charge in [0.2, 0.25) is 0 Å². The van der Waals surface area contributed by atoms with E-state index in [0.717, 1.165) is 36.4 Å². The monoisotopic (exact) mass is 504 g/mol. The predicted molar refractivity (Wildman–Crippen MR) is 131 cm³/mol. The summed E-state index contributed by atoms with van der Waals surface area (Å²) in [7, 11) is 0. The fourth-order valence-corrected chi connectivity index (χ4v) is 2.42. The van der Waals surface area contributed by atoms with Gasteiger partial charge in [-0.2, -0.15) is 0 Å². The molecule has 0 N–H and O–H groups in total. The molecular formula is C27H20O10. The van der Waals surface area contributed by atoms with Crippen LogP contribution in [0.3, 0.4) is 0 Å². The Bertz CT molecular complexity index is 1320. The van der Waals surface area contributed by atoms with Crippen LogP contribution in [0, 0.1) is 0 Å². The van der Waals surface area contributed by atoms with Gasteiger partial charge in [0.25, 0.3) is 0 Å². The largest absolute Gasteiger partial charge is 0.423 e. The summed E-state index contributed by atoms with van der Waals surface area (Å²) in [6, 6.07) is 7.89. The average molecular weight is 504 g/mol. The maximum Gasteiger partial charge on any atom is 0.336 e. The first kappa shape index (κ1) is 27.7. The van der Waals surface area contributed by atoms with E-state index in [1.54, 1.807) is 0 Å². The van der Waals surface area contributed by atoms with Crippen LogP contribution in [0.1, 0.15) is 5.56 Å². The summed E-state index contributed by atoms with van der Waals surface area (Å²) in [4.78, 5) is 58.6. The van der Waals surface area contributed by atoms with Gasteiger partial charge in [-0.25, -0.2) is 24.0 Å². The van der Waals surface area contributed by atoms with Crippen LogP contribution >= 0.6 is 0 Å². The fraction of sp³-hybridized carbons (Fsp3) is 0. The number of benzene rings is 2. The van der Waals surface area contributed by atoms with Crippen LogP contribution < -0.4 is 23.7 Å². The molecule has 0 unspecified atom stereocenters. The highest BCUT2D eigenvalue weighted by atomic mass is 16.6. The Morgan fingerprint density at radius 3 is 1.43 bits per heavy atom. The molecule has 37 heavy (non-hydrogen) atoms. The van der Waals surface area contributed by atoms with Gasteiger partial charge in [-0.15, -0.1) is 0 Å². The highest BCUT2D eigenvalue weighted by Crippen LogP contribution is 2.33. The lowest BCUT2D eigenvalue weighted by Gasteiger charge is -2.10. The smallest absolute Gasteiger partial charge is 0.336 e. The van der Waals surface area contributed by atoms with Crippen molar-refractivity contribution in [2.45, 2.75) is 0 Å². The summed E-state index contributed by atoms with van der Waals surface area (Å²) in [6.07, 6.45) is 6.06. The standard InChI is InChI=1S/C27H20O10/c1-5-23(28)34-19-12-9-17(15-21(19)36-25(30)7-3)10-14-27(32)33-18-11-13-20(35-24(29)6-2)22(16-18)37-26(31)8-4/h5-16H,1-4H2. The summed E-state index contributed by atoms with van der Waals surface area (Å²) >= 11 is 0. The normalized spacial score (nSPS) is 9.95. The van der Waals surface area contributed by atoms with Gasteiger partial charge in [0.1, 0.15) is 5.75 Å². The number of carbonyl (C=O) groups excluding carboxylic acids is 5. The molecule has 0 atom stereocenters. The second-order valence-electron chi connectivity index (χ2n) is 6.57. The van der Waals surface area contributed by atoms with Crippen molar-refractivity contribution in [2.75, 3.05) is 0 Å². The first-order valence-corrected chi connectivity index (χ1v) is 10.2. The number of hydrogen-bond donors (Lipinski definition) is 0. The average Bonchev–Trinajstić information content (AvgIpc) is 2.89. The maximum absolute atomic E-state index is 12.3. The van der Waals surface area contributed by atoms with Gasteiger partial charge in [0.05, 0.1) is 0 Å². The molecule has 10 heteroatoms.